The number of aliphatic hydroxyl groups excluding tert-OH is 1. The minimum Gasteiger partial charge on any atom is -0.492 e. The van der Waals surface area contributed by atoms with E-state index in [-0.39, 0.29) is 12.5 Å². The van der Waals surface area contributed by atoms with E-state index < -0.39 is 17.2 Å². The molecule has 1 aliphatic rings. The Labute approximate surface area is 111 Å². The van der Waals surface area contributed by atoms with Crippen LogP contribution in [0.2, 0.25) is 0 Å². The number of ether oxygens (including phenoxy) is 1. The molecule has 4 heteroatoms. The molecule has 104 valence electrons. The lowest BCUT2D eigenvalue weighted by Gasteiger charge is -2.39. The monoisotopic (exact) mass is 268 g/mol. The van der Waals surface area contributed by atoms with Crippen molar-refractivity contribution in [3.63, 3.8) is 0 Å². The average Bonchev–Trinajstić information content (AvgIpc) is 2.40. The van der Waals surface area contributed by atoms with Gasteiger partial charge >= 0.3 is 0 Å². The molecule has 1 N–H and O–H groups in total. The Kier molecular flexibility index (Phi) is 3.90. The Balaban J connectivity index is 2.32. The van der Waals surface area contributed by atoms with E-state index in [0.717, 1.165) is 12.5 Å². The largest absolute Gasteiger partial charge is 0.492 e. The number of hydrogen-bond acceptors (Lipinski definition) is 2. The molecule has 19 heavy (non-hydrogen) atoms. The third-order valence-corrected chi connectivity index (χ3v) is 3.88. The van der Waals surface area contributed by atoms with Crippen molar-refractivity contribution in [3.8, 4) is 0 Å². The van der Waals surface area contributed by atoms with Gasteiger partial charge in [0, 0.05) is 17.5 Å². The Bertz CT molecular complexity index is 499. The lowest BCUT2D eigenvalue weighted by atomic mass is 9.79. The van der Waals surface area contributed by atoms with Gasteiger partial charge in [0.15, 0.2) is 0 Å². The van der Waals surface area contributed by atoms with Gasteiger partial charge < -0.3 is 9.84 Å². The van der Waals surface area contributed by atoms with Crippen molar-refractivity contribution in [1.82, 2.24) is 0 Å². The van der Waals surface area contributed by atoms with Crippen LogP contribution in [0.4, 0.5) is 8.78 Å². The zero-order valence-corrected chi connectivity index (χ0v) is 11.1. The summed E-state index contributed by atoms with van der Waals surface area (Å²) >= 11 is 0. The fourth-order valence-corrected chi connectivity index (χ4v) is 2.50. The first kappa shape index (κ1) is 14.0. The minimum absolute atomic E-state index is 0.0822. The number of aliphatic hydroxyl groups is 1. The van der Waals surface area contributed by atoms with Crippen molar-refractivity contribution < 1.29 is 18.6 Å². The zero-order chi connectivity index (χ0) is 14.0. The van der Waals surface area contributed by atoms with Gasteiger partial charge in [-0.05, 0) is 37.5 Å². The topological polar surface area (TPSA) is 29.5 Å². The molecule has 1 aliphatic heterocycles. The molecule has 2 nitrogen and oxygen atoms in total. The lowest BCUT2D eigenvalue weighted by molar-refractivity contribution is -0.0646. The van der Waals surface area contributed by atoms with Gasteiger partial charge in [0.05, 0.1) is 12.9 Å². The first-order chi connectivity index (χ1) is 9.00. The molecule has 0 spiro atoms. The number of rotatable bonds is 3. The van der Waals surface area contributed by atoms with E-state index in [4.69, 9.17) is 4.74 Å². The normalized spacial score (nSPS) is 26.8. The molecule has 0 radical (unpaired) electrons. The molecule has 2 rings (SSSR count). The van der Waals surface area contributed by atoms with E-state index in [0.29, 0.717) is 17.6 Å². The lowest BCUT2D eigenvalue weighted by Crippen LogP contribution is -2.42. The molecule has 2 atom stereocenters. The van der Waals surface area contributed by atoms with Gasteiger partial charge in [0.1, 0.15) is 17.2 Å². The third kappa shape index (κ3) is 2.63. The maximum atomic E-state index is 13.8. The van der Waals surface area contributed by atoms with Crippen molar-refractivity contribution in [2.75, 3.05) is 6.61 Å². The zero-order valence-electron chi connectivity index (χ0n) is 11.1. The highest BCUT2D eigenvalue weighted by Gasteiger charge is 2.37. The summed E-state index contributed by atoms with van der Waals surface area (Å²) in [7, 11) is 0. The first-order valence-electron chi connectivity index (χ1n) is 6.43. The second-order valence-electron chi connectivity index (χ2n) is 5.17. The molecule has 2 unspecified atom stereocenters. The quantitative estimate of drug-likeness (QED) is 0.909. The Morgan fingerprint density at radius 1 is 1.42 bits per heavy atom. The van der Waals surface area contributed by atoms with Crippen LogP contribution in [0.25, 0.3) is 5.57 Å². The highest BCUT2D eigenvalue weighted by Crippen LogP contribution is 2.39. The Hall–Kier alpha value is -1.42. The number of benzene rings is 1. The van der Waals surface area contributed by atoms with Gasteiger partial charge in [-0.25, -0.2) is 8.78 Å². The van der Waals surface area contributed by atoms with Crippen LogP contribution in [0, 0.1) is 17.6 Å². The van der Waals surface area contributed by atoms with Crippen LogP contribution < -0.4 is 0 Å². The van der Waals surface area contributed by atoms with E-state index in [2.05, 4.69) is 0 Å². The van der Waals surface area contributed by atoms with Crippen LogP contribution >= 0.6 is 0 Å². The summed E-state index contributed by atoms with van der Waals surface area (Å²) in [4.78, 5) is 0. The second-order valence-corrected chi connectivity index (χ2v) is 5.17. The minimum atomic E-state index is -0.630. The van der Waals surface area contributed by atoms with Gasteiger partial charge in [-0.1, -0.05) is 6.92 Å². The molecule has 0 aliphatic carbocycles. The van der Waals surface area contributed by atoms with E-state index >= 15 is 0 Å². The molecular formula is C15H18F2O2. The van der Waals surface area contributed by atoms with Gasteiger partial charge in [-0.3, -0.25) is 0 Å². The highest BCUT2D eigenvalue weighted by molar-refractivity contribution is 5.66. The molecule has 0 saturated carbocycles. The SMILES string of the molecule is CCC1CC(c2ccc(F)cc2F)=COC1(C)CO. The van der Waals surface area contributed by atoms with Crippen LogP contribution in [0.1, 0.15) is 32.3 Å². The molecule has 0 saturated heterocycles. The van der Waals surface area contributed by atoms with Gasteiger partial charge in [0.25, 0.3) is 0 Å². The summed E-state index contributed by atoms with van der Waals surface area (Å²) in [5.41, 5.74) is 0.435. The van der Waals surface area contributed by atoms with Gasteiger partial charge in [0.2, 0.25) is 0 Å². The van der Waals surface area contributed by atoms with Crippen LogP contribution in [-0.2, 0) is 4.74 Å². The number of hydrogen-bond donors (Lipinski definition) is 1. The summed E-state index contributed by atoms with van der Waals surface area (Å²) in [6.07, 6.45) is 2.91. The average molecular weight is 268 g/mol. The molecule has 1 heterocycles. The van der Waals surface area contributed by atoms with Crippen LogP contribution in [-0.4, -0.2) is 17.3 Å². The number of allylic oxidation sites excluding steroid dienone is 1. The molecule has 0 aromatic heterocycles. The summed E-state index contributed by atoms with van der Waals surface area (Å²) in [6, 6.07) is 3.53. The van der Waals surface area contributed by atoms with Crippen molar-refractivity contribution in [3.05, 3.63) is 41.7 Å². The summed E-state index contributed by atoms with van der Waals surface area (Å²) < 4.78 is 32.3. The van der Waals surface area contributed by atoms with Gasteiger partial charge in [-0.2, -0.15) is 0 Å². The Morgan fingerprint density at radius 2 is 2.16 bits per heavy atom. The summed E-state index contributed by atoms with van der Waals surface area (Å²) in [6.45, 7) is 3.77. The molecule has 1 aromatic rings. The van der Waals surface area contributed by atoms with E-state index in [9.17, 15) is 13.9 Å². The maximum Gasteiger partial charge on any atom is 0.133 e. The summed E-state index contributed by atoms with van der Waals surface area (Å²) in [5.74, 6) is -1.08. The molecule has 0 fully saturated rings. The highest BCUT2D eigenvalue weighted by atomic mass is 19.1. The summed E-state index contributed by atoms with van der Waals surface area (Å²) in [5, 5.41) is 9.42. The Morgan fingerprint density at radius 3 is 2.74 bits per heavy atom. The number of halogens is 2. The molecule has 0 bridgehead atoms. The third-order valence-electron chi connectivity index (χ3n) is 3.88. The van der Waals surface area contributed by atoms with E-state index in [1.54, 1.807) is 0 Å². The van der Waals surface area contributed by atoms with Crippen LogP contribution in [0.3, 0.4) is 0 Å². The fraction of sp³-hybridized carbons (Fsp3) is 0.467. The standard InChI is InChI=1S/C15H18F2O2/c1-3-11-6-10(8-19-15(11,2)9-18)13-5-4-12(16)7-14(13)17/h4-5,7-8,11,18H,3,6,9H2,1-2H3. The van der Waals surface area contributed by atoms with Gasteiger partial charge in [-0.15, -0.1) is 0 Å². The second kappa shape index (κ2) is 5.29. The van der Waals surface area contributed by atoms with E-state index in [1.807, 2.05) is 13.8 Å². The van der Waals surface area contributed by atoms with Crippen LogP contribution in [0.5, 0.6) is 0 Å². The van der Waals surface area contributed by atoms with E-state index in [1.165, 1.54) is 18.4 Å². The fourth-order valence-electron chi connectivity index (χ4n) is 2.50. The predicted octanol–water partition coefficient (Wildman–Crippen LogP) is 3.50. The van der Waals surface area contributed by atoms with Crippen LogP contribution in [0.15, 0.2) is 24.5 Å². The molecular weight excluding hydrogens is 250 g/mol. The van der Waals surface area contributed by atoms with Crippen molar-refractivity contribution in [2.45, 2.75) is 32.3 Å². The maximum absolute atomic E-state index is 13.8. The smallest absolute Gasteiger partial charge is 0.133 e. The van der Waals surface area contributed by atoms with Crippen molar-refractivity contribution >= 4 is 5.57 Å². The molecule has 1 aromatic carbocycles. The predicted molar refractivity (Wildman–Crippen MR) is 69.3 cm³/mol. The van der Waals surface area contributed by atoms with Crippen molar-refractivity contribution in [1.29, 1.82) is 0 Å². The first-order valence-corrected chi connectivity index (χ1v) is 6.43. The van der Waals surface area contributed by atoms with Crippen molar-refractivity contribution in [2.24, 2.45) is 5.92 Å². The molecule has 0 amide bonds.